The van der Waals surface area contributed by atoms with Gasteiger partial charge in [0.25, 0.3) is 0 Å². The SMILES string of the molecule is CCOC(=O)c1[nH]c2c(-c3c(C(C)(O)CCN4CCOCC4)nn(C)c3CC)c(Cl)ccc2c1CCCOc1cccc2cc(F)ccc12. The van der Waals surface area contributed by atoms with Crippen molar-refractivity contribution in [3.8, 4) is 16.9 Å². The van der Waals surface area contributed by atoms with Crippen LogP contribution in [0, 0.1) is 5.82 Å². The number of ether oxygens (including phenoxy) is 3. The Morgan fingerprint density at radius 2 is 1.90 bits per heavy atom. The molecule has 1 aliphatic rings. The molecule has 1 atom stereocenters. The first-order valence-electron chi connectivity index (χ1n) is 17.0. The minimum atomic E-state index is -1.26. The van der Waals surface area contributed by atoms with Crippen LogP contribution in [0.4, 0.5) is 4.39 Å². The Morgan fingerprint density at radius 3 is 2.65 bits per heavy atom. The van der Waals surface area contributed by atoms with Crippen molar-refractivity contribution in [1.29, 1.82) is 0 Å². The van der Waals surface area contributed by atoms with Gasteiger partial charge in [0.1, 0.15) is 28.6 Å². The first-order valence-corrected chi connectivity index (χ1v) is 17.4. The smallest absolute Gasteiger partial charge is 0.355 e. The van der Waals surface area contributed by atoms with Crippen LogP contribution < -0.4 is 4.74 Å². The molecule has 9 nitrogen and oxygen atoms in total. The number of hydrogen-bond acceptors (Lipinski definition) is 7. The largest absolute Gasteiger partial charge is 0.493 e. The van der Waals surface area contributed by atoms with E-state index in [1.165, 1.54) is 12.1 Å². The number of aromatic amines is 1. The number of aromatic nitrogens is 3. The number of aryl methyl sites for hydroxylation is 2. The van der Waals surface area contributed by atoms with Gasteiger partial charge in [-0.1, -0.05) is 36.7 Å². The third-order valence-electron chi connectivity index (χ3n) is 9.42. The van der Waals surface area contributed by atoms with Gasteiger partial charge in [-0.25, -0.2) is 9.18 Å². The van der Waals surface area contributed by atoms with E-state index in [0.717, 1.165) is 46.1 Å². The molecular formula is C38H44ClFN4O5. The maximum atomic E-state index is 13.8. The van der Waals surface area contributed by atoms with E-state index < -0.39 is 11.6 Å². The zero-order valence-electron chi connectivity index (χ0n) is 28.6. The number of carbonyl (C=O) groups excluding carboxylic acids is 1. The lowest BCUT2D eigenvalue weighted by Crippen LogP contribution is -2.39. The number of carbonyl (C=O) groups is 1. The fraction of sp³-hybridized carbons (Fsp3) is 0.421. The van der Waals surface area contributed by atoms with Crippen LogP contribution in [0.15, 0.2) is 48.5 Å². The Kier molecular flexibility index (Phi) is 10.6. The molecule has 11 heteroatoms. The second kappa shape index (κ2) is 14.9. The minimum Gasteiger partial charge on any atom is -0.493 e. The van der Waals surface area contributed by atoms with Gasteiger partial charge in [0.05, 0.1) is 37.0 Å². The molecule has 0 spiro atoms. The summed E-state index contributed by atoms with van der Waals surface area (Å²) in [6.45, 7) is 9.96. The molecule has 3 aromatic carbocycles. The van der Waals surface area contributed by atoms with Gasteiger partial charge in [0.2, 0.25) is 0 Å². The number of nitrogens with one attached hydrogen (secondary N) is 1. The number of H-pyrrole nitrogens is 1. The summed E-state index contributed by atoms with van der Waals surface area (Å²) in [4.78, 5) is 19.1. The lowest BCUT2D eigenvalue weighted by atomic mass is 9.89. The third-order valence-corrected chi connectivity index (χ3v) is 9.74. The van der Waals surface area contributed by atoms with Crippen LogP contribution in [0.1, 0.15) is 61.1 Å². The highest BCUT2D eigenvalue weighted by Gasteiger charge is 2.35. The van der Waals surface area contributed by atoms with Gasteiger partial charge in [0.15, 0.2) is 0 Å². The molecule has 0 saturated carbocycles. The highest BCUT2D eigenvalue weighted by Crippen LogP contribution is 2.44. The molecule has 0 bridgehead atoms. The second-order valence-corrected chi connectivity index (χ2v) is 13.2. The van der Waals surface area contributed by atoms with Crippen molar-refractivity contribution in [2.45, 2.75) is 52.1 Å². The summed E-state index contributed by atoms with van der Waals surface area (Å²) >= 11 is 7.03. The molecule has 1 aliphatic heterocycles. The van der Waals surface area contributed by atoms with Gasteiger partial charge in [0, 0.05) is 54.3 Å². The van der Waals surface area contributed by atoms with Gasteiger partial charge < -0.3 is 24.3 Å². The number of esters is 1. The summed E-state index contributed by atoms with van der Waals surface area (Å²) in [6, 6.07) is 14.0. The molecule has 0 aliphatic carbocycles. The molecule has 2 aromatic heterocycles. The number of aliphatic hydroxyl groups is 1. The van der Waals surface area contributed by atoms with Crippen molar-refractivity contribution in [3.63, 3.8) is 0 Å². The highest BCUT2D eigenvalue weighted by atomic mass is 35.5. The Labute approximate surface area is 290 Å². The van der Waals surface area contributed by atoms with Crippen molar-refractivity contribution in [3.05, 3.63) is 82.0 Å². The van der Waals surface area contributed by atoms with Crippen LogP contribution in [-0.2, 0) is 35.0 Å². The van der Waals surface area contributed by atoms with Gasteiger partial charge >= 0.3 is 5.97 Å². The molecule has 1 fully saturated rings. The molecule has 0 radical (unpaired) electrons. The molecule has 6 rings (SSSR count). The summed E-state index contributed by atoms with van der Waals surface area (Å²) in [5, 5.41) is 19.8. The normalized spacial score (nSPS) is 15.2. The van der Waals surface area contributed by atoms with E-state index in [1.807, 2.05) is 49.0 Å². The number of hydrogen-bond donors (Lipinski definition) is 2. The van der Waals surface area contributed by atoms with Crippen molar-refractivity contribution >= 4 is 39.2 Å². The highest BCUT2D eigenvalue weighted by molar-refractivity contribution is 6.35. The Morgan fingerprint density at radius 1 is 1.12 bits per heavy atom. The fourth-order valence-corrected chi connectivity index (χ4v) is 7.13. The summed E-state index contributed by atoms with van der Waals surface area (Å²) in [7, 11) is 1.88. The lowest BCUT2D eigenvalue weighted by molar-refractivity contribution is 0.00354. The zero-order valence-corrected chi connectivity index (χ0v) is 29.3. The monoisotopic (exact) mass is 690 g/mol. The van der Waals surface area contributed by atoms with E-state index in [4.69, 9.17) is 30.9 Å². The number of morpholine rings is 1. The average Bonchev–Trinajstić information content (AvgIpc) is 3.63. The maximum Gasteiger partial charge on any atom is 0.355 e. The number of nitrogens with zero attached hydrogens (tertiary/aromatic N) is 3. The van der Waals surface area contributed by atoms with E-state index in [0.29, 0.717) is 85.3 Å². The lowest BCUT2D eigenvalue weighted by Gasteiger charge is -2.30. The number of halogens is 2. The molecule has 49 heavy (non-hydrogen) atoms. The Balaban J connectivity index is 1.36. The second-order valence-electron chi connectivity index (χ2n) is 12.7. The van der Waals surface area contributed by atoms with Gasteiger partial charge in [-0.15, -0.1) is 0 Å². The minimum absolute atomic E-state index is 0.227. The molecular weight excluding hydrogens is 647 g/mol. The van der Waals surface area contributed by atoms with Crippen molar-refractivity contribution < 1.29 is 28.5 Å². The number of rotatable bonds is 13. The number of benzene rings is 3. The Hall–Kier alpha value is -3.96. The van der Waals surface area contributed by atoms with Crippen LogP contribution in [0.5, 0.6) is 5.75 Å². The van der Waals surface area contributed by atoms with E-state index in [2.05, 4.69) is 16.8 Å². The summed E-state index contributed by atoms with van der Waals surface area (Å²) in [5.74, 6) is -0.0728. The molecule has 2 N–H and O–H groups in total. The van der Waals surface area contributed by atoms with Gasteiger partial charge in [-0.2, -0.15) is 5.10 Å². The summed E-state index contributed by atoms with van der Waals surface area (Å²) in [6.07, 6.45) is 2.25. The van der Waals surface area contributed by atoms with Crippen LogP contribution >= 0.6 is 11.6 Å². The fourth-order valence-electron chi connectivity index (χ4n) is 6.88. The van der Waals surface area contributed by atoms with Crippen molar-refractivity contribution in [2.75, 3.05) is 46.1 Å². The van der Waals surface area contributed by atoms with Crippen LogP contribution in [0.25, 0.3) is 32.8 Å². The van der Waals surface area contributed by atoms with E-state index in [9.17, 15) is 14.3 Å². The van der Waals surface area contributed by atoms with Crippen LogP contribution in [0.2, 0.25) is 5.02 Å². The van der Waals surface area contributed by atoms with Crippen molar-refractivity contribution in [2.24, 2.45) is 7.05 Å². The molecule has 5 aromatic rings. The van der Waals surface area contributed by atoms with E-state index >= 15 is 0 Å². The predicted octanol–water partition coefficient (Wildman–Crippen LogP) is 7.19. The van der Waals surface area contributed by atoms with Crippen LogP contribution in [-0.4, -0.2) is 76.8 Å². The van der Waals surface area contributed by atoms with Gasteiger partial charge in [-0.3, -0.25) is 9.58 Å². The van der Waals surface area contributed by atoms with E-state index in [1.54, 1.807) is 13.0 Å². The maximum absolute atomic E-state index is 13.8. The topological polar surface area (TPSA) is 102 Å². The molecule has 1 unspecified atom stereocenters. The summed E-state index contributed by atoms with van der Waals surface area (Å²) < 4.78 is 32.8. The molecule has 260 valence electrons. The predicted molar refractivity (Wildman–Crippen MR) is 190 cm³/mol. The standard InChI is InChI=1S/C38H44ClFN4O5/c1-5-30-33(36(42-43(30)4)38(3,46)16-17-44-18-21-47-22-19-44)32-29(39)15-14-28-27(35(41-34(28)32)37(45)48-6-2)10-8-20-49-31-11-7-9-24-23-25(40)12-13-26(24)31/h7,9,11-15,23,41,46H,5-6,8,10,16-22H2,1-4H3. The number of fused-ring (bicyclic) bond motifs is 2. The van der Waals surface area contributed by atoms with Crippen LogP contribution in [0.3, 0.4) is 0 Å². The molecule has 1 saturated heterocycles. The average molecular weight is 691 g/mol. The van der Waals surface area contributed by atoms with Gasteiger partial charge in [-0.05, 0) is 80.8 Å². The first kappa shape index (κ1) is 34.9. The third kappa shape index (κ3) is 7.19. The van der Waals surface area contributed by atoms with Crippen molar-refractivity contribution in [1.82, 2.24) is 19.7 Å². The quantitative estimate of drug-likeness (QED) is 0.0996. The Bertz CT molecular complexity index is 1960. The van der Waals surface area contributed by atoms with E-state index in [-0.39, 0.29) is 12.4 Å². The first-order chi connectivity index (χ1) is 23.6. The summed E-state index contributed by atoms with van der Waals surface area (Å²) in [5.41, 5.74) is 3.54. The molecule has 0 amide bonds. The molecule has 3 heterocycles. The zero-order chi connectivity index (χ0) is 34.7.